The summed E-state index contributed by atoms with van der Waals surface area (Å²) in [6, 6.07) is 6.54. The Kier molecular flexibility index (Phi) is 5.76. The van der Waals surface area contributed by atoms with Gasteiger partial charge < -0.3 is 14.6 Å². The van der Waals surface area contributed by atoms with Crippen LogP contribution in [0.2, 0.25) is 0 Å². The van der Waals surface area contributed by atoms with Crippen molar-refractivity contribution in [1.29, 1.82) is 0 Å². The molecule has 1 aliphatic rings. The van der Waals surface area contributed by atoms with Gasteiger partial charge >= 0.3 is 5.97 Å². The number of hydrogen-bond acceptors (Lipinski definition) is 7. The number of ether oxygens (including phenoxy) is 1. The van der Waals surface area contributed by atoms with E-state index in [1.54, 1.807) is 32.0 Å². The second-order valence-corrected chi connectivity index (χ2v) is 6.76. The van der Waals surface area contributed by atoms with E-state index in [0.29, 0.717) is 16.9 Å². The van der Waals surface area contributed by atoms with Gasteiger partial charge in [0.2, 0.25) is 0 Å². The molecular weight excluding hydrogens is 378 g/mol. The van der Waals surface area contributed by atoms with Gasteiger partial charge in [0.15, 0.2) is 11.9 Å². The summed E-state index contributed by atoms with van der Waals surface area (Å²) in [7, 11) is 0. The van der Waals surface area contributed by atoms with Gasteiger partial charge in [-0.2, -0.15) is 0 Å². The third-order valence-electron chi connectivity index (χ3n) is 4.48. The van der Waals surface area contributed by atoms with Crippen molar-refractivity contribution in [2.75, 3.05) is 11.9 Å². The predicted molar refractivity (Wildman–Crippen MR) is 101 cm³/mol. The highest BCUT2D eigenvalue weighted by atomic mass is 16.5. The number of aryl methyl sites for hydroxylation is 2. The SMILES string of the molecule is CCC(OC(=O)CCN1C(=O)c2ccc(C)cc2C1=O)C(=O)Nc1cc(C)on1. The summed E-state index contributed by atoms with van der Waals surface area (Å²) < 4.78 is 10.1. The molecule has 1 atom stereocenters. The number of carbonyl (C=O) groups is 4. The zero-order valence-corrected chi connectivity index (χ0v) is 16.4. The molecule has 0 radical (unpaired) electrons. The molecule has 2 aromatic rings. The lowest BCUT2D eigenvalue weighted by molar-refractivity contribution is -0.154. The third-order valence-corrected chi connectivity index (χ3v) is 4.48. The number of hydrogen-bond donors (Lipinski definition) is 1. The number of esters is 1. The lowest BCUT2D eigenvalue weighted by Gasteiger charge is -2.17. The van der Waals surface area contributed by atoms with Crippen LogP contribution in [0, 0.1) is 13.8 Å². The van der Waals surface area contributed by atoms with Gasteiger partial charge in [-0.15, -0.1) is 0 Å². The third kappa shape index (κ3) is 4.34. The van der Waals surface area contributed by atoms with Gasteiger partial charge in [-0.3, -0.25) is 24.1 Å². The Bertz CT molecular complexity index is 980. The highest BCUT2D eigenvalue weighted by Crippen LogP contribution is 2.24. The summed E-state index contributed by atoms with van der Waals surface area (Å²) in [4.78, 5) is 50.3. The van der Waals surface area contributed by atoms with Crippen molar-refractivity contribution in [2.24, 2.45) is 0 Å². The number of carbonyl (C=O) groups excluding carboxylic acids is 4. The molecule has 9 nitrogen and oxygen atoms in total. The summed E-state index contributed by atoms with van der Waals surface area (Å²) >= 11 is 0. The first-order chi connectivity index (χ1) is 13.8. The molecule has 3 amide bonds. The lowest BCUT2D eigenvalue weighted by atomic mass is 10.1. The lowest BCUT2D eigenvalue weighted by Crippen LogP contribution is -2.35. The Morgan fingerprint density at radius 1 is 1.17 bits per heavy atom. The van der Waals surface area contributed by atoms with E-state index in [1.165, 1.54) is 6.07 Å². The molecule has 0 saturated heterocycles. The minimum Gasteiger partial charge on any atom is -0.452 e. The van der Waals surface area contributed by atoms with Crippen LogP contribution in [-0.2, 0) is 14.3 Å². The minimum atomic E-state index is -1.02. The second-order valence-electron chi connectivity index (χ2n) is 6.76. The van der Waals surface area contributed by atoms with E-state index in [2.05, 4.69) is 10.5 Å². The van der Waals surface area contributed by atoms with Crippen molar-refractivity contribution in [2.45, 2.75) is 39.7 Å². The van der Waals surface area contributed by atoms with Gasteiger partial charge in [0.1, 0.15) is 5.76 Å². The molecule has 1 aromatic carbocycles. The van der Waals surface area contributed by atoms with Gasteiger partial charge in [0.05, 0.1) is 17.5 Å². The number of nitrogens with zero attached hydrogens (tertiary/aromatic N) is 2. The van der Waals surface area contributed by atoms with Crippen molar-refractivity contribution in [1.82, 2.24) is 10.1 Å². The van der Waals surface area contributed by atoms with Crippen molar-refractivity contribution >= 4 is 29.5 Å². The van der Waals surface area contributed by atoms with Crippen LogP contribution >= 0.6 is 0 Å². The summed E-state index contributed by atoms with van der Waals surface area (Å²) in [5.41, 5.74) is 1.52. The first-order valence-electron chi connectivity index (χ1n) is 9.20. The second kappa shape index (κ2) is 8.26. The van der Waals surface area contributed by atoms with Crippen molar-refractivity contribution in [3.8, 4) is 0 Å². The van der Waals surface area contributed by atoms with E-state index in [0.717, 1.165) is 10.5 Å². The predicted octanol–water partition coefficient (Wildman–Crippen LogP) is 2.24. The summed E-state index contributed by atoms with van der Waals surface area (Å²) in [6.07, 6.45) is -0.984. The highest BCUT2D eigenvalue weighted by molar-refractivity contribution is 6.21. The molecule has 1 aliphatic heterocycles. The molecule has 1 unspecified atom stereocenters. The average Bonchev–Trinajstić information content (AvgIpc) is 3.19. The van der Waals surface area contributed by atoms with Gasteiger partial charge in [-0.1, -0.05) is 23.7 Å². The number of rotatable bonds is 7. The van der Waals surface area contributed by atoms with Gasteiger partial charge in [-0.25, -0.2) is 0 Å². The maximum atomic E-state index is 12.4. The number of aromatic nitrogens is 1. The number of benzene rings is 1. The normalized spacial score (nSPS) is 14.0. The standard InChI is InChI=1S/C20H21N3O6/c1-4-15(18(25)21-16-10-12(3)29-22-16)28-17(24)7-8-23-19(26)13-6-5-11(2)9-14(13)20(23)27/h5-6,9-10,15H,4,7-8H2,1-3H3,(H,21,22,25). The number of amides is 3. The van der Waals surface area contributed by atoms with Gasteiger partial charge in [-0.05, 0) is 32.4 Å². The van der Waals surface area contributed by atoms with Crippen LogP contribution in [0.4, 0.5) is 5.82 Å². The molecule has 0 fully saturated rings. The number of nitrogens with one attached hydrogen (secondary N) is 1. The highest BCUT2D eigenvalue weighted by Gasteiger charge is 2.35. The van der Waals surface area contributed by atoms with Gasteiger partial charge in [0, 0.05) is 12.6 Å². The first-order valence-corrected chi connectivity index (χ1v) is 9.20. The molecule has 1 aromatic heterocycles. The molecular formula is C20H21N3O6. The van der Waals surface area contributed by atoms with E-state index in [9.17, 15) is 19.2 Å². The van der Waals surface area contributed by atoms with Crippen LogP contribution in [-0.4, -0.2) is 46.4 Å². The molecule has 2 heterocycles. The Balaban J connectivity index is 1.55. The zero-order valence-electron chi connectivity index (χ0n) is 16.4. The molecule has 152 valence electrons. The topological polar surface area (TPSA) is 119 Å². The molecule has 3 rings (SSSR count). The summed E-state index contributed by atoms with van der Waals surface area (Å²) in [5.74, 6) is -1.34. The maximum absolute atomic E-state index is 12.4. The van der Waals surface area contributed by atoms with Crippen LogP contribution in [0.15, 0.2) is 28.8 Å². The number of imide groups is 1. The zero-order chi connectivity index (χ0) is 21.1. The quantitative estimate of drug-likeness (QED) is 0.560. The molecule has 0 spiro atoms. The van der Waals surface area contributed by atoms with E-state index in [4.69, 9.17) is 9.26 Å². The van der Waals surface area contributed by atoms with Crippen LogP contribution < -0.4 is 5.32 Å². The Morgan fingerprint density at radius 2 is 1.90 bits per heavy atom. The Hall–Kier alpha value is -3.49. The molecule has 9 heteroatoms. The average molecular weight is 399 g/mol. The van der Waals surface area contributed by atoms with E-state index >= 15 is 0 Å². The molecule has 1 N–H and O–H groups in total. The molecule has 29 heavy (non-hydrogen) atoms. The Morgan fingerprint density at radius 3 is 2.55 bits per heavy atom. The summed E-state index contributed by atoms with van der Waals surface area (Å²) in [5, 5.41) is 6.16. The van der Waals surface area contributed by atoms with E-state index < -0.39 is 29.8 Å². The van der Waals surface area contributed by atoms with Crippen LogP contribution in [0.25, 0.3) is 0 Å². The fraction of sp³-hybridized carbons (Fsp3) is 0.350. The maximum Gasteiger partial charge on any atom is 0.308 e. The fourth-order valence-electron chi connectivity index (χ4n) is 2.98. The number of anilines is 1. The molecule has 0 saturated carbocycles. The van der Waals surface area contributed by atoms with E-state index in [1.807, 2.05) is 6.92 Å². The molecule has 0 aliphatic carbocycles. The monoisotopic (exact) mass is 399 g/mol. The summed E-state index contributed by atoms with van der Waals surface area (Å²) in [6.45, 7) is 5.08. The largest absolute Gasteiger partial charge is 0.452 e. The van der Waals surface area contributed by atoms with Crippen molar-refractivity contribution in [3.63, 3.8) is 0 Å². The first kappa shape index (κ1) is 20.2. The fourth-order valence-corrected chi connectivity index (χ4v) is 2.98. The molecule has 0 bridgehead atoms. The Labute approximate surface area is 167 Å². The van der Waals surface area contributed by atoms with Gasteiger partial charge in [0.25, 0.3) is 17.7 Å². The van der Waals surface area contributed by atoms with Crippen LogP contribution in [0.5, 0.6) is 0 Å². The smallest absolute Gasteiger partial charge is 0.308 e. The van der Waals surface area contributed by atoms with Crippen LogP contribution in [0.1, 0.15) is 51.8 Å². The van der Waals surface area contributed by atoms with Crippen LogP contribution in [0.3, 0.4) is 0 Å². The number of fused-ring (bicyclic) bond motifs is 1. The minimum absolute atomic E-state index is 0.120. The van der Waals surface area contributed by atoms with E-state index in [-0.39, 0.29) is 25.2 Å². The van der Waals surface area contributed by atoms with Crippen molar-refractivity contribution in [3.05, 3.63) is 46.7 Å². The van der Waals surface area contributed by atoms with Crippen molar-refractivity contribution < 1.29 is 28.4 Å².